The zero-order valence-corrected chi connectivity index (χ0v) is 12.4. The van der Waals surface area contributed by atoms with Gasteiger partial charge in [0.2, 0.25) is 0 Å². The molecule has 0 amide bonds. The Kier molecular flexibility index (Phi) is 5.83. The fourth-order valence-corrected chi connectivity index (χ4v) is 4.05. The molecule has 4 heteroatoms. The first-order chi connectivity index (χ1) is 8.85. The van der Waals surface area contributed by atoms with Crippen LogP contribution < -0.4 is 5.32 Å². The van der Waals surface area contributed by atoms with Crippen molar-refractivity contribution in [2.45, 2.75) is 56.9 Å². The Balaban J connectivity index is 1.65. The van der Waals surface area contributed by atoms with Gasteiger partial charge in [-0.25, -0.2) is 0 Å². The zero-order valence-electron chi connectivity index (χ0n) is 11.5. The van der Waals surface area contributed by atoms with Crippen molar-refractivity contribution in [3.05, 3.63) is 0 Å². The Bertz CT molecular complexity index is 275. The topological polar surface area (TPSA) is 33.6 Å². The minimum absolute atomic E-state index is 0.401. The summed E-state index contributed by atoms with van der Waals surface area (Å²) in [5, 5.41) is 4.89. The summed E-state index contributed by atoms with van der Waals surface area (Å²) in [5.74, 6) is 1.23. The first kappa shape index (κ1) is 14.2. The molecular formula is C14H26N2OS. The number of hydrogen-bond acceptors (Lipinski definition) is 3. The van der Waals surface area contributed by atoms with E-state index < -0.39 is 0 Å². The van der Waals surface area contributed by atoms with Gasteiger partial charge in [-0.3, -0.25) is 4.99 Å². The largest absolute Gasteiger partial charge is 0.385 e. The normalized spacial score (nSPS) is 24.6. The Hall–Kier alpha value is -0.220. The smallest absolute Gasteiger partial charge is 0.157 e. The summed E-state index contributed by atoms with van der Waals surface area (Å²) in [6, 6.07) is 0. The first-order valence-electron chi connectivity index (χ1n) is 7.29. The van der Waals surface area contributed by atoms with E-state index in [1.165, 1.54) is 55.9 Å². The number of unbranched alkanes of at least 4 members (excludes halogenated alkanes) is 2. The van der Waals surface area contributed by atoms with E-state index in [-0.39, 0.29) is 0 Å². The monoisotopic (exact) mass is 270 g/mol. The number of nitrogens with one attached hydrogen (secondary N) is 1. The van der Waals surface area contributed by atoms with Crippen LogP contribution in [0.3, 0.4) is 0 Å². The predicted molar refractivity (Wildman–Crippen MR) is 79.4 cm³/mol. The highest BCUT2D eigenvalue weighted by Crippen LogP contribution is 2.36. The number of amidine groups is 1. The van der Waals surface area contributed by atoms with Crippen molar-refractivity contribution in [3.8, 4) is 0 Å². The van der Waals surface area contributed by atoms with Crippen LogP contribution in [0.5, 0.6) is 0 Å². The fourth-order valence-electron chi connectivity index (χ4n) is 2.80. The van der Waals surface area contributed by atoms with Crippen LogP contribution in [0, 0.1) is 0 Å². The summed E-state index contributed by atoms with van der Waals surface area (Å²) < 4.78 is 5.04. The summed E-state index contributed by atoms with van der Waals surface area (Å²) in [6.45, 7) is 1.85. The van der Waals surface area contributed by atoms with E-state index in [4.69, 9.17) is 9.73 Å². The minimum Gasteiger partial charge on any atom is -0.385 e. The second-order valence-corrected chi connectivity index (χ2v) is 6.46. The third-order valence-corrected chi connectivity index (χ3v) is 5.13. The molecule has 0 aromatic heterocycles. The number of methoxy groups -OCH3 is 1. The molecule has 2 aliphatic rings. The van der Waals surface area contributed by atoms with E-state index in [9.17, 15) is 0 Å². The van der Waals surface area contributed by atoms with Crippen LogP contribution in [0.15, 0.2) is 4.99 Å². The number of nitrogens with zero attached hydrogens (tertiary/aromatic N) is 1. The third kappa shape index (κ3) is 4.16. The number of thioether (sulfide) groups is 1. The second-order valence-electron chi connectivity index (χ2n) is 5.49. The Labute approximate surface area is 115 Å². The fraction of sp³-hybridized carbons (Fsp3) is 0.929. The molecule has 1 aliphatic carbocycles. The molecule has 104 valence electrons. The first-order valence-corrected chi connectivity index (χ1v) is 8.28. The van der Waals surface area contributed by atoms with Crippen LogP contribution in [0.4, 0.5) is 0 Å². The van der Waals surface area contributed by atoms with Gasteiger partial charge in [0, 0.05) is 31.6 Å². The van der Waals surface area contributed by atoms with Gasteiger partial charge in [0.25, 0.3) is 0 Å². The predicted octanol–water partition coefficient (Wildman–Crippen LogP) is 3.20. The zero-order chi connectivity index (χ0) is 12.7. The van der Waals surface area contributed by atoms with Crippen molar-refractivity contribution in [1.29, 1.82) is 0 Å². The van der Waals surface area contributed by atoms with Crippen LogP contribution in [0.2, 0.25) is 0 Å². The van der Waals surface area contributed by atoms with Crippen LogP contribution >= 0.6 is 11.8 Å². The van der Waals surface area contributed by atoms with Gasteiger partial charge in [-0.15, -0.1) is 0 Å². The Morgan fingerprint density at radius 1 is 1.22 bits per heavy atom. The number of rotatable bonds is 6. The molecular weight excluding hydrogens is 244 g/mol. The number of ether oxygens (including phenoxy) is 1. The Morgan fingerprint density at radius 2 is 2.06 bits per heavy atom. The standard InChI is InChI=1S/C14H26N2OS/c1-17-11-7-3-6-10-15-13-16-14(12-18-13)8-4-2-5-9-14/h2-12H2,1H3,(H,15,16). The lowest BCUT2D eigenvalue weighted by Crippen LogP contribution is -2.45. The van der Waals surface area contributed by atoms with Crippen LogP contribution in [0.25, 0.3) is 0 Å². The summed E-state index contributed by atoms with van der Waals surface area (Å²) >= 11 is 1.93. The van der Waals surface area contributed by atoms with Crippen molar-refractivity contribution >= 4 is 16.9 Å². The second kappa shape index (κ2) is 7.39. The van der Waals surface area contributed by atoms with Gasteiger partial charge >= 0.3 is 0 Å². The molecule has 1 aliphatic heterocycles. The molecule has 1 saturated carbocycles. The highest BCUT2D eigenvalue weighted by molar-refractivity contribution is 8.14. The van der Waals surface area contributed by atoms with E-state index in [0.717, 1.165) is 19.6 Å². The molecule has 1 saturated heterocycles. The molecule has 2 rings (SSSR count). The maximum absolute atomic E-state index is 5.04. The number of hydrogen-bond donors (Lipinski definition) is 1. The quantitative estimate of drug-likeness (QED) is 0.753. The van der Waals surface area contributed by atoms with Crippen LogP contribution in [-0.2, 0) is 4.74 Å². The van der Waals surface area contributed by atoms with E-state index in [0.29, 0.717) is 5.54 Å². The molecule has 1 spiro atoms. The van der Waals surface area contributed by atoms with E-state index in [1.807, 2.05) is 11.8 Å². The van der Waals surface area contributed by atoms with E-state index >= 15 is 0 Å². The summed E-state index contributed by atoms with van der Waals surface area (Å²) in [6.07, 6.45) is 10.4. The van der Waals surface area contributed by atoms with Gasteiger partial charge in [0.05, 0.1) is 0 Å². The number of aliphatic imine (C=N–C) groups is 1. The van der Waals surface area contributed by atoms with Gasteiger partial charge < -0.3 is 10.1 Å². The average molecular weight is 270 g/mol. The molecule has 0 radical (unpaired) electrons. The van der Waals surface area contributed by atoms with Crippen LogP contribution in [0.1, 0.15) is 51.4 Å². The molecule has 1 heterocycles. The van der Waals surface area contributed by atoms with Gasteiger partial charge in [0.1, 0.15) is 0 Å². The molecule has 2 fully saturated rings. The lowest BCUT2D eigenvalue weighted by molar-refractivity contribution is 0.192. The third-order valence-electron chi connectivity index (χ3n) is 3.93. The lowest BCUT2D eigenvalue weighted by atomic mass is 9.83. The summed E-state index contributed by atoms with van der Waals surface area (Å²) in [5.41, 5.74) is 0.401. The molecule has 0 unspecified atom stereocenters. The molecule has 1 N–H and O–H groups in total. The van der Waals surface area contributed by atoms with Crippen molar-refractivity contribution < 1.29 is 4.74 Å². The van der Waals surface area contributed by atoms with E-state index in [2.05, 4.69) is 5.32 Å². The van der Waals surface area contributed by atoms with Gasteiger partial charge in [-0.2, -0.15) is 0 Å². The molecule has 18 heavy (non-hydrogen) atoms. The lowest BCUT2D eigenvalue weighted by Gasteiger charge is -2.32. The molecule has 0 aromatic rings. The Morgan fingerprint density at radius 3 is 2.83 bits per heavy atom. The van der Waals surface area contributed by atoms with Crippen molar-refractivity contribution in [2.24, 2.45) is 4.99 Å². The molecule has 3 nitrogen and oxygen atoms in total. The van der Waals surface area contributed by atoms with Gasteiger partial charge in [-0.1, -0.05) is 31.0 Å². The highest BCUT2D eigenvalue weighted by Gasteiger charge is 2.37. The average Bonchev–Trinajstić information content (AvgIpc) is 2.78. The molecule has 0 bridgehead atoms. The van der Waals surface area contributed by atoms with Gasteiger partial charge in [0.15, 0.2) is 5.17 Å². The van der Waals surface area contributed by atoms with E-state index in [1.54, 1.807) is 7.11 Å². The van der Waals surface area contributed by atoms with Crippen molar-refractivity contribution in [1.82, 2.24) is 5.32 Å². The van der Waals surface area contributed by atoms with Gasteiger partial charge in [-0.05, 0) is 32.1 Å². The SMILES string of the molecule is COCCCCCN=C1NC2(CCCCC2)CS1. The van der Waals surface area contributed by atoms with Crippen molar-refractivity contribution in [3.63, 3.8) is 0 Å². The molecule has 0 aromatic carbocycles. The minimum atomic E-state index is 0.401. The maximum atomic E-state index is 5.04. The highest BCUT2D eigenvalue weighted by atomic mass is 32.2. The summed E-state index contributed by atoms with van der Waals surface area (Å²) in [7, 11) is 1.77. The summed E-state index contributed by atoms with van der Waals surface area (Å²) in [4.78, 5) is 4.70. The van der Waals surface area contributed by atoms with Crippen molar-refractivity contribution in [2.75, 3.05) is 26.0 Å². The molecule has 0 atom stereocenters. The van der Waals surface area contributed by atoms with Crippen LogP contribution in [-0.4, -0.2) is 36.7 Å². The maximum Gasteiger partial charge on any atom is 0.157 e.